The first-order valence-electron chi connectivity index (χ1n) is 11.2. The highest BCUT2D eigenvalue weighted by Crippen LogP contribution is 2.23. The van der Waals surface area contributed by atoms with Crippen molar-refractivity contribution in [3.8, 4) is 0 Å². The minimum atomic E-state index is -3.47. The highest BCUT2D eigenvalue weighted by atomic mass is 32.2. The Hall–Kier alpha value is -2.71. The highest BCUT2D eigenvalue weighted by Gasteiger charge is 2.26. The Morgan fingerprint density at radius 1 is 1.06 bits per heavy atom. The molecule has 0 spiro atoms. The molecule has 0 radical (unpaired) electrons. The van der Waals surface area contributed by atoms with Gasteiger partial charge in [-0.1, -0.05) is 44.5 Å². The summed E-state index contributed by atoms with van der Waals surface area (Å²) in [6.07, 6.45) is 3.05. The van der Waals surface area contributed by atoms with Gasteiger partial charge in [-0.15, -0.1) is 0 Å². The zero-order valence-corrected chi connectivity index (χ0v) is 19.4. The number of hydrogen-bond acceptors (Lipinski definition) is 4. The molecule has 0 unspecified atom stereocenters. The van der Waals surface area contributed by atoms with Gasteiger partial charge in [0.05, 0.1) is 28.4 Å². The number of carbonyl (C=O) groups is 1. The number of aromatic amines is 1. The standard InChI is InChI=1S/C24H30N4O3S/c1-17(2)23(24-25-20-8-4-5-9-21(20)26-24)27-22(29)16-18-10-12-19(13-11-18)32(30,31)28-14-6-3-7-15-28/h4-5,8-13,17,23H,3,6-7,14-16H2,1-2H3,(H,25,26)(H,27,29)/t23-/m0/s1. The van der Waals surface area contributed by atoms with E-state index in [4.69, 9.17) is 0 Å². The van der Waals surface area contributed by atoms with E-state index in [0.29, 0.717) is 13.1 Å². The fraction of sp³-hybridized carbons (Fsp3) is 0.417. The van der Waals surface area contributed by atoms with Crippen molar-refractivity contribution in [2.45, 2.75) is 50.5 Å². The second kappa shape index (κ2) is 9.42. The largest absolute Gasteiger partial charge is 0.346 e. The van der Waals surface area contributed by atoms with Crippen molar-refractivity contribution >= 4 is 27.0 Å². The SMILES string of the molecule is CC(C)[C@H](NC(=O)Cc1ccc(S(=O)(=O)N2CCCCC2)cc1)c1nc2ccccc2[nH]1. The molecule has 3 aromatic rings. The van der Waals surface area contributed by atoms with Crippen LogP contribution in [0.5, 0.6) is 0 Å². The first-order chi connectivity index (χ1) is 15.3. The predicted molar refractivity (Wildman–Crippen MR) is 125 cm³/mol. The molecule has 8 heteroatoms. The van der Waals surface area contributed by atoms with Crippen molar-refractivity contribution in [3.63, 3.8) is 0 Å². The molecule has 170 valence electrons. The van der Waals surface area contributed by atoms with Gasteiger partial charge in [0.15, 0.2) is 0 Å². The monoisotopic (exact) mass is 454 g/mol. The number of para-hydroxylation sites is 2. The summed E-state index contributed by atoms with van der Waals surface area (Å²) in [4.78, 5) is 21.0. The van der Waals surface area contributed by atoms with Gasteiger partial charge < -0.3 is 10.3 Å². The summed E-state index contributed by atoms with van der Waals surface area (Å²) in [5.41, 5.74) is 2.58. The molecular weight excluding hydrogens is 424 g/mol. The maximum absolute atomic E-state index is 12.8. The number of imidazole rings is 1. The second-order valence-corrected chi connectivity index (χ2v) is 10.7. The Bertz CT molecular complexity index is 1150. The molecule has 1 aromatic heterocycles. The van der Waals surface area contributed by atoms with Crippen molar-refractivity contribution < 1.29 is 13.2 Å². The smallest absolute Gasteiger partial charge is 0.243 e. The lowest BCUT2D eigenvalue weighted by Gasteiger charge is -2.25. The van der Waals surface area contributed by atoms with E-state index in [-0.39, 0.29) is 29.2 Å². The van der Waals surface area contributed by atoms with Crippen molar-refractivity contribution in [1.29, 1.82) is 0 Å². The summed E-state index contributed by atoms with van der Waals surface area (Å²) in [7, 11) is -3.47. The third kappa shape index (κ3) is 4.86. The van der Waals surface area contributed by atoms with E-state index >= 15 is 0 Å². The first kappa shape index (κ1) is 22.5. The Balaban J connectivity index is 1.43. The molecule has 2 aromatic carbocycles. The van der Waals surface area contributed by atoms with Crippen LogP contribution in [-0.4, -0.2) is 41.7 Å². The number of H-pyrrole nitrogens is 1. The van der Waals surface area contributed by atoms with E-state index in [9.17, 15) is 13.2 Å². The van der Waals surface area contributed by atoms with Crippen molar-refractivity contribution in [1.82, 2.24) is 19.6 Å². The van der Waals surface area contributed by atoms with E-state index in [1.807, 2.05) is 38.1 Å². The minimum Gasteiger partial charge on any atom is -0.346 e. The number of sulfonamides is 1. The Kier molecular flexibility index (Phi) is 6.62. The summed E-state index contributed by atoms with van der Waals surface area (Å²) in [5, 5.41) is 3.08. The van der Waals surface area contributed by atoms with Crippen molar-refractivity contribution in [3.05, 3.63) is 59.9 Å². The predicted octanol–water partition coefficient (Wildman–Crippen LogP) is 3.79. The van der Waals surface area contributed by atoms with E-state index in [1.165, 1.54) is 0 Å². The molecule has 1 amide bonds. The minimum absolute atomic E-state index is 0.129. The molecule has 1 atom stereocenters. The van der Waals surface area contributed by atoms with Crippen LogP contribution in [0.1, 0.15) is 50.5 Å². The van der Waals surface area contributed by atoms with Gasteiger partial charge in [-0.2, -0.15) is 4.31 Å². The lowest BCUT2D eigenvalue weighted by molar-refractivity contribution is -0.121. The quantitative estimate of drug-likeness (QED) is 0.568. The number of amides is 1. The summed E-state index contributed by atoms with van der Waals surface area (Å²) in [6, 6.07) is 14.2. The fourth-order valence-electron chi connectivity index (χ4n) is 4.11. The van der Waals surface area contributed by atoms with Crippen LogP contribution in [0.15, 0.2) is 53.4 Å². The first-order valence-corrected chi connectivity index (χ1v) is 12.6. The van der Waals surface area contributed by atoms with E-state index in [1.54, 1.807) is 28.6 Å². The molecule has 2 N–H and O–H groups in total. The number of hydrogen-bond donors (Lipinski definition) is 2. The van der Waals surface area contributed by atoms with Crippen LogP contribution >= 0.6 is 0 Å². The summed E-state index contributed by atoms with van der Waals surface area (Å²) >= 11 is 0. The van der Waals surface area contributed by atoms with Gasteiger partial charge in [0.2, 0.25) is 15.9 Å². The van der Waals surface area contributed by atoms with Crippen LogP contribution in [0, 0.1) is 5.92 Å². The van der Waals surface area contributed by atoms with Crippen molar-refractivity contribution in [2.24, 2.45) is 5.92 Å². The lowest BCUT2D eigenvalue weighted by atomic mass is 10.0. The van der Waals surface area contributed by atoms with E-state index in [2.05, 4.69) is 15.3 Å². The fourth-order valence-corrected chi connectivity index (χ4v) is 5.63. The summed E-state index contributed by atoms with van der Waals surface area (Å²) in [5.74, 6) is 0.755. The van der Waals surface area contributed by atoms with Gasteiger partial charge in [0, 0.05) is 13.1 Å². The molecule has 1 aliphatic heterocycles. The van der Waals surface area contributed by atoms with Crippen LogP contribution in [0.2, 0.25) is 0 Å². The number of nitrogens with one attached hydrogen (secondary N) is 2. The molecule has 0 bridgehead atoms. The maximum Gasteiger partial charge on any atom is 0.243 e. The Labute approximate surface area is 189 Å². The van der Waals surface area contributed by atoms with Crippen LogP contribution in [0.25, 0.3) is 11.0 Å². The molecule has 7 nitrogen and oxygen atoms in total. The molecule has 32 heavy (non-hydrogen) atoms. The number of nitrogens with zero attached hydrogens (tertiary/aromatic N) is 2. The number of rotatable bonds is 7. The average molecular weight is 455 g/mol. The second-order valence-electron chi connectivity index (χ2n) is 8.71. The normalized spacial score (nSPS) is 16.3. The van der Waals surface area contributed by atoms with Gasteiger partial charge in [-0.25, -0.2) is 13.4 Å². The van der Waals surface area contributed by atoms with Gasteiger partial charge in [0.1, 0.15) is 5.82 Å². The number of piperidine rings is 1. The highest BCUT2D eigenvalue weighted by molar-refractivity contribution is 7.89. The molecule has 1 fully saturated rings. The van der Waals surface area contributed by atoms with E-state index in [0.717, 1.165) is 41.7 Å². The molecule has 4 rings (SSSR count). The summed E-state index contributed by atoms with van der Waals surface area (Å²) in [6.45, 7) is 5.23. The van der Waals surface area contributed by atoms with Gasteiger partial charge in [0.25, 0.3) is 0 Å². The third-order valence-corrected chi connectivity index (χ3v) is 7.84. The number of benzene rings is 2. The van der Waals surface area contributed by atoms with Crippen LogP contribution in [-0.2, 0) is 21.2 Å². The number of carbonyl (C=O) groups excluding carboxylic acids is 1. The zero-order valence-electron chi connectivity index (χ0n) is 18.5. The van der Waals surface area contributed by atoms with Gasteiger partial charge in [-0.3, -0.25) is 4.79 Å². The number of aromatic nitrogens is 2. The lowest BCUT2D eigenvalue weighted by Crippen LogP contribution is -2.35. The molecular formula is C24H30N4O3S. The van der Waals surface area contributed by atoms with E-state index < -0.39 is 10.0 Å². The maximum atomic E-state index is 12.8. The van der Waals surface area contributed by atoms with Crippen LogP contribution in [0.3, 0.4) is 0 Å². The Morgan fingerprint density at radius 3 is 2.41 bits per heavy atom. The van der Waals surface area contributed by atoms with Gasteiger partial charge >= 0.3 is 0 Å². The van der Waals surface area contributed by atoms with Crippen LogP contribution in [0.4, 0.5) is 0 Å². The number of fused-ring (bicyclic) bond motifs is 1. The third-order valence-electron chi connectivity index (χ3n) is 5.93. The summed E-state index contributed by atoms with van der Waals surface area (Å²) < 4.78 is 27.2. The molecule has 1 saturated heterocycles. The van der Waals surface area contributed by atoms with Crippen LogP contribution < -0.4 is 5.32 Å². The molecule has 0 saturated carbocycles. The molecule has 2 heterocycles. The van der Waals surface area contributed by atoms with Crippen molar-refractivity contribution in [2.75, 3.05) is 13.1 Å². The molecule has 0 aliphatic carbocycles. The topological polar surface area (TPSA) is 95.2 Å². The Morgan fingerprint density at radius 2 is 1.75 bits per heavy atom. The molecule has 1 aliphatic rings. The zero-order chi connectivity index (χ0) is 22.7. The van der Waals surface area contributed by atoms with Gasteiger partial charge in [-0.05, 0) is 48.6 Å². The average Bonchev–Trinajstić information content (AvgIpc) is 3.22.